The summed E-state index contributed by atoms with van der Waals surface area (Å²) >= 11 is 0. The molecule has 0 saturated carbocycles. The second-order valence-corrected chi connectivity index (χ2v) is 5.02. The number of nitrogens with one attached hydrogen (secondary N) is 1. The lowest BCUT2D eigenvalue weighted by Crippen LogP contribution is -2.35. The maximum absolute atomic E-state index is 13.1. The number of rotatable bonds is 7. The van der Waals surface area contributed by atoms with Gasteiger partial charge in [-0.1, -0.05) is 18.1 Å². The van der Waals surface area contributed by atoms with Gasteiger partial charge < -0.3 is 14.6 Å². The average molecular weight is 306 g/mol. The monoisotopic (exact) mass is 306 g/mol. The molecule has 1 heterocycles. The van der Waals surface area contributed by atoms with E-state index in [0.717, 1.165) is 5.69 Å². The van der Waals surface area contributed by atoms with Gasteiger partial charge in [-0.3, -0.25) is 4.79 Å². The summed E-state index contributed by atoms with van der Waals surface area (Å²) in [6, 6.07) is 7.67. The third-order valence-corrected chi connectivity index (χ3v) is 3.09. The standard InChI is InChI=1S/C16H19FN2O3/c1-3-13(21-14-6-4-5-12(17)8-14)10-18-16(20)9-15-7-11(2)19-22-15/h4-8,13H,3,9-10H2,1-2H3,(H,18,20). The van der Waals surface area contributed by atoms with Crippen molar-refractivity contribution in [1.82, 2.24) is 10.5 Å². The van der Waals surface area contributed by atoms with Crippen LogP contribution in [0.15, 0.2) is 34.9 Å². The summed E-state index contributed by atoms with van der Waals surface area (Å²) in [5.74, 6) is 0.454. The Balaban J connectivity index is 1.81. The summed E-state index contributed by atoms with van der Waals surface area (Å²) < 4.78 is 23.8. The molecule has 0 aliphatic carbocycles. The fourth-order valence-corrected chi connectivity index (χ4v) is 1.95. The van der Waals surface area contributed by atoms with Gasteiger partial charge in [-0.15, -0.1) is 0 Å². The van der Waals surface area contributed by atoms with Crippen LogP contribution in [0, 0.1) is 12.7 Å². The fraction of sp³-hybridized carbons (Fsp3) is 0.375. The van der Waals surface area contributed by atoms with Gasteiger partial charge in [0.1, 0.15) is 23.4 Å². The van der Waals surface area contributed by atoms with Crippen LogP contribution in [-0.2, 0) is 11.2 Å². The second kappa shape index (κ2) is 7.59. The highest BCUT2D eigenvalue weighted by molar-refractivity contribution is 5.77. The number of aryl methyl sites for hydroxylation is 1. The zero-order valence-corrected chi connectivity index (χ0v) is 12.6. The van der Waals surface area contributed by atoms with Gasteiger partial charge >= 0.3 is 0 Å². The summed E-state index contributed by atoms with van der Waals surface area (Å²) in [5.41, 5.74) is 0.740. The largest absolute Gasteiger partial charge is 0.489 e. The van der Waals surface area contributed by atoms with Gasteiger partial charge in [-0.2, -0.15) is 0 Å². The van der Waals surface area contributed by atoms with Crippen molar-refractivity contribution < 1.29 is 18.4 Å². The van der Waals surface area contributed by atoms with Crippen LogP contribution in [0.2, 0.25) is 0 Å². The Hall–Kier alpha value is -2.37. The zero-order chi connectivity index (χ0) is 15.9. The van der Waals surface area contributed by atoms with Gasteiger partial charge in [0, 0.05) is 12.1 Å². The predicted octanol–water partition coefficient (Wildman–Crippen LogP) is 2.64. The number of carbonyl (C=O) groups is 1. The van der Waals surface area contributed by atoms with E-state index in [9.17, 15) is 9.18 Å². The average Bonchev–Trinajstić information content (AvgIpc) is 2.88. The molecule has 1 unspecified atom stereocenters. The first kappa shape index (κ1) is 16.0. The van der Waals surface area contributed by atoms with Gasteiger partial charge in [-0.25, -0.2) is 4.39 Å². The quantitative estimate of drug-likeness (QED) is 0.854. The van der Waals surface area contributed by atoms with Crippen LogP contribution in [0.1, 0.15) is 24.8 Å². The molecule has 1 aromatic carbocycles. The van der Waals surface area contributed by atoms with Crippen LogP contribution in [0.3, 0.4) is 0 Å². The molecule has 0 radical (unpaired) electrons. The van der Waals surface area contributed by atoms with E-state index < -0.39 is 0 Å². The van der Waals surface area contributed by atoms with Crippen molar-refractivity contribution in [2.24, 2.45) is 0 Å². The van der Waals surface area contributed by atoms with E-state index >= 15 is 0 Å². The first-order valence-corrected chi connectivity index (χ1v) is 7.18. The highest BCUT2D eigenvalue weighted by Gasteiger charge is 2.12. The molecule has 0 fully saturated rings. The van der Waals surface area contributed by atoms with Crippen LogP contribution < -0.4 is 10.1 Å². The van der Waals surface area contributed by atoms with Gasteiger partial charge in [0.05, 0.1) is 18.7 Å². The Bertz CT molecular complexity index is 627. The molecule has 2 rings (SSSR count). The number of aromatic nitrogens is 1. The molecule has 2 aromatic rings. The highest BCUT2D eigenvalue weighted by atomic mass is 19.1. The maximum atomic E-state index is 13.1. The summed E-state index contributed by atoms with van der Waals surface area (Å²) in [5, 5.41) is 6.51. The lowest BCUT2D eigenvalue weighted by molar-refractivity contribution is -0.121. The van der Waals surface area contributed by atoms with Crippen LogP contribution >= 0.6 is 0 Å². The smallest absolute Gasteiger partial charge is 0.227 e. The molecular weight excluding hydrogens is 287 g/mol. The van der Waals surface area contributed by atoms with E-state index in [4.69, 9.17) is 9.26 Å². The second-order valence-electron chi connectivity index (χ2n) is 5.02. The van der Waals surface area contributed by atoms with Crippen LogP contribution in [0.25, 0.3) is 0 Å². The van der Waals surface area contributed by atoms with Crippen molar-refractivity contribution in [3.63, 3.8) is 0 Å². The molecule has 1 amide bonds. The van der Waals surface area contributed by atoms with Crippen molar-refractivity contribution in [3.05, 3.63) is 47.6 Å². The van der Waals surface area contributed by atoms with Crippen molar-refractivity contribution in [2.75, 3.05) is 6.54 Å². The molecular formula is C16H19FN2O3. The molecule has 1 aromatic heterocycles. The van der Waals surface area contributed by atoms with Gasteiger partial charge in [0.15, 0.2) is 0 Å². The number of nitrogens with zero attached hydrogens (tertiary/aromatic N) is 1. The molecule has 0 bridgehead atoms. The molecule has 0 aliphatic heterocycles. The first-order chi connectivity index (χ1) is 10.6. The number of hydrogen-bond donors (Lipinski definition) is 1. The molecule has 118 valence electrons. The zero-order valence-electron chi connectivity index (χ0n) is 12.6. The van der Waals surface area contributed by atoms with E-state index in [1.54, 1.807) is 25.1 Å². The van der Waals surface area contributed by atoms with E-state index in [1.165, 1.54) is 12.1 Å². The number of amides is 1. The minimum atomic E-state index is -0.350. The maximum Gasteiger partial charge on any atom is 0.227 e. The van der Waals surface area contributed by atoms with E-state index in [1.807, 2.05) is 6.92 Å². The van der Waals surface area contributed by atoms with Gasteiger partial charge in [0.2, 0.25) is 5.91 Å². The number of halogens is 1. The molecule has 1 atom stereocenters. The summed E-state index contributed by atoms with van der Waals surface area (Å²) in [6.45, 7) is 4.08. The van der Waals surface area contributed by atoms with E-state index in [-0.39, 0.29) is 24.2 Å². The topological polar surface area (TPSA) is 64.4 Å². The Labute approximate surface area is 128 Å². The predicted molar refractivity (Wildman–Crippen MR) is 79.1 cm³/mol. The molecule has 1 N–H and O–H groups in total. The minimum absolute atomic E-state index is 0.136. The summed E-state index contributed by atoms with van der Waals surface area (Å²) in [7, 11) is 0. The fourth-order valence-electron chi connectivity index (χ4n) is 1.95. The van der Waals surface area contributed by atoms with E-state index in [0.29, 0.717) is 24.5 Å². The number of ether oxygens (including phenoxy) is 1. The minimum Gasteiger partial charge on any atom is -0.489 e. The van der Waals surface area contributed by atoms with Gasteiger partial charge in [0.25, 0.3) is 0 Å². The molecule has 0 aliphatic rings. The molecule has 22 heavy (non-hydrogen) atoms. The number of benzene rings is 1. The Morgan fingerprint density at radius 2 is 2.27 bits per heavy atom. The van der Waals surface area contributed by atoms with Crippen molar-refractivity contribution in [3.8, 4) is 5.75 Å². The van der Waals surface area contributed by atoms with Crippen molar-refractivity contribution in [1.29, 1.82) is 0 Å². The lowest BCUT2D eigenvalue weighted by Gasteiger charge is -2.18. The highest BCUT2D eigenvalue weighted by Crippen LogP contribution is 2.14. The Morgan fingerprint density at radius 1 is 1.45 bits per heavy atom. The molecule has 5 nitrogen and oxygen atoms in total. The lowest BCUT2D eigenvalue weighted by atomic mass is 10.2. The molecule has 6 heteroatoms. The SMILES string of the molecule is CCC(CNC(=O)Cc1cc(C)no1)Oc1cccc(F)c1. The third kappa shape index (κ3) is 4.87. The Morgan fingerprint density at radius 3 is 2.91 bits per heavy atom. The number of carbonyl (C=O) groups excluding carboxylic acids is 1. The normalized spacial score (nSPS) is 12.0. The summed E-state index contributed by atoms with van der Waals surface area (Å²) in [4.78, 5) is 11.8. The van der Waals surface area contributed by atoms with Gasteiger partial charge in [-0.05, 0) is 25.5 Å². The number of hydrogen-bond acceptors (Lipinski definition) is 4. The van der Waals surface area contributed by atoms with E-state index in [2.05, 4.69) is 10.5 Å². The molecule has 0 saturated heterocycles. The van der Waals surface area contributed by atoms with Crippen molar-refractivity contribution in [2.45, 2.75) is 32.8 Å². The summed E-state index contributed by atoms with van der Waals surface area (Å²) in [6.07, 6.45) is 0.609. The van der Waals surface area contributed by atoms with Crippen LogP contribution in [-0.4, -0.2) is 23.7 Å². The van der Waals surface area contributed by atoms with Crippen LogP contribution in [0.4, 0.5) is 4.39 Å². The van der Waals surface area contributed by atoms with Crippen LogP contribution in [0.5, 0.6) is 5.75 Å². The Kier molecular flexibility index (Phi) is 5.52. The first-order valence-electron chi connectivity index (χ1n) is 7.18. The third-order valence-electron chi connectivity index (χ3n) is 3.09. The molecule has 0 spiro atoms. The van der Waals surface area contributed by atoms with Crippen molar-refractivity contribution >= 4 is 5.91 Å².